The average molecular weight is 799 g/mol. The number of aliphatic hydroxyl groups is 1. The second-order valence-electron chi connectivity index (χ2n) is 15.0. The fourth-order valence-corrected chi connectivity index (χ4v) is 13.2. The lowest BCUT2D eigenvalue weighted by Gasteiger charge is -2.60. The Kier molecular flexibility index (Phi) is 11.5. The molecule has 264 valence electrons. The number of hydrogen-bond acceptors (Lipinski definition) is 7. The first kappa shape index (κ1) is 37.7. The van der Waals surface area contributed by atoms with Gasteiger partial charge in [-0.2, -0.15) is 0 Å². The smallest absolute Gasteiger partial charge is 0.312 e. The van der Waals surface area contributed by atoms with Crippen molar-refractivity contribution in [3.8, 4) is 5.75 Å². The van der Waals surface area contributed by atoms with Gasteiger partial charge < -0.3 is 28.5 Å². The van der Waals surface area contributed by atoms with Crippen molar-refractivity contribution in [1.82, 2.24) is 0 Å². The number of halogens is 1. The van der Waals surface area contributed by atoms with Crippen LogP contribution in [0.2, 0.25) is 5.04 Å². The first-order valence-corrected chi connectivity index (χ1v) is 20.0. The maximum Gasteiger partial charge on any atom is 0.312 e. The Morgan fingerprint density at radius 2 is 1.57 bits per heavy atom. The normalized spacial score (nSPS) is 24.0. The number of carbonyl (C=O) groups excluding carboxylic acids is 1. The van der Waals surface area contributed by atoms with Crippen LogP contribution in [0.3, 0.4) is 0 Å². The number of carbonyl (C=O) groups is 1. The number of hydrogen-bond donors (Lipinski definition) is 1. The van der Waals surface area contributed by atoms with Gasteiger partial charge in [-0.3, -0.25) is 4.79 Å². The number of esters is 1. The van der Waals surface area contributed by atoms with Crippen LogP contribution >= 0.6 is 22.6 Å². The molecular weight excluding hydrogens is 747 g/mol. The summed E-state index contributed by atoms with van der Waals surface area (Å²) in [5, 5.41) is 13.7. The van der Waals surface area contributed by atoms with Crippen molar-refractivity contribution in [2.24, 2.45) is 17.3 Å². The van der Waals surface area contributed by atoms with Crippen molar-refractivity contribution in [3.63, 3.8) is 0 Å². The molecule has 3 aromatic rings. The van der Waals surface area contributed by atoms with Gasteiger partial charge in [-0.15, -0.1) is 0 Å². The number of fused-ring (bicyclic) bond motifs is 1. The Morgan fingerprint density at radius 1 is 1.00 bits per heavy atom. The van der Waals surface area contributed by atoms with Crippen LogP contribution in [-0.2, 0) is 30.0 Å². The minimum atomic E-state index is -2.97. The van der Waals surface area contributed by atoms with Gasteiger partial charge in [0.25, 0.3) is 8.32 Å². The van der Waals surface area contributed by atoms with E-state index < -0.39 is 49.5 Å². The predicted molar refractivity (Wildman–Crippen MR) is 204 cm³/mol. The zero-order chi connectivity index (χ0) is 35.6. The molecule has 0 bridgehead atoms. The summed E-state index contributed by atoms with van der Waals surface area (Å²) in [6.45, 7) is 13.4. The van der Waals surface area contributed by atoms with E-state index in [2.05, 4.69) is 106 Å². The standard InChI is InChI=1S/C40H51IO7Si/c1-27(41)23-33(45-8)36(42)35-32-24-39(5,6)40(32,48-37(35)43)34(46-25-28-19-21-29(44-7)22-20-28)26-47-49(38(2,3)4,30-15-11-9-12-16-30)31-17-13-10-14-18-31/h9-23,32-36,42H,24-26H2,1-8H3/b27-23+/t32-,33-,34-,35+,36+,40-/m0/s1. The lowest BCUT2D eigenvalue weighted by atomic mass is 9.48. The van der Waals surface area contributed by atoms with E-state index in [-0.39, 0.29) is 24.2 Å². The Labute approximate surface area is 306 Å². The molecule has 0 aromatic heterocycles. The Hall–Kier alpha value is -2.54. The van der Waals surface area contributed by atoms with Crippen LogP contribution in [0, 0.1) is 17.3 Å². The van der Waals surface area contributed by atoms with Gasteiger partial charge in [0, 0.05) is 18.4 Å². The lowest BCUT2D eigenvalue weighted by molar-refractivity contribution is -0.258. The molecule has 1 saturated carbocycles. The van der Waals surface area contributed by atoms with E-state index in [0.29, 0.717) is 6.42 Å². The maximum atomic E-state index is 14.0. The van der Waals surface area contributed by atoms with Crippen LogP contribution in [-0.4, -0.2) is 64.1 Å². The summed E-state index contributed by atoms with van der Waals surface area (Å²) in [7, 11) is 0.228. The zero-order valence-electron chi connectivity index (χ0n) is 29.9. The van der Waals surface area contributed by atoms with Crippen LogP contribution in [0.5, 0.6) is 5.75 Å². The van der Waals surface area contributed by atoms with Gasteiger partial charge in [-0.05, 0) is 78.7 Å². The molecule has 6 atom stereocenters. The molecule has 1 aliphatic heterocycles. The number of ether oxygens (including phenoxy) is 4. The van der Waals surface area contributed by atoms with Crippen molar-refractivity contribution in [3.05, 3.63) is 100 Å². The highest BCUT2D eigenvalue weighted by molar-refractivity contribution is 14.1. The summed E-state index contributed by atoms with van der Waals surface area (Å²) in [6.07, 6.45) is 0.178. The lowest BCUT2D eigenvalue weighted by Crippen LogP contribution is -2.71. The van der Waals surface area contributed by atoms with Crippen LogP contribution in [0.1, 0.15) is 53.5 Å². The number of methoxy groups -OCH3 is 2. The molecule has 3 aromatic carbocycles. The number of allylic oxidation sites excluding steroid dienone is 1. The van der Waals surface area contributed by atoms with Crippen LogP contribution in [0.4, 0.5) is 0 Å². The van der Waals surface area contributed by atoms with Crippen molar-refractivity contribution in [1.29, 1.82) is 0 Å². The molecule has 1 saturated heterocycles. The van der Waals surface area contributed by atoms with E-state index in [1.54, 1.807) is 14.2 Å². The van der Waals surface area contributed by atoms with Crippen molar-refractivity contribution >= 4 is 47.3 Å². The minimum absolute atomic E-state index is 0.194. The first-order chi connectivity index (χ1) is 23.2. The molecule has 0 spiro atoms. The second kappa shape index (κ2) is 15.0. The molecule has 7 nitrogen and oxygen atoms in total. The number of benzene rings is 3. The highest BCUT2D eigenvalue weighted by Gasteiger charge is 2.75. The average Bonchev–Trinajstić information content (AvgIpc) is 3.33. The molecule has 2 fully saturated rings. The van der Waals surface area contributed by atoms with E-state index in [9.17, 15) is 9.90 Å². The molecule has 0 radical (unpaired) electrons. The van der Waals surface area contributed by atoms with Gasteiger partial charge in [0.2, 0.25) is 0 Å². The molecule has 2 aliphatic rings. The summed E-state index contributed by atoms with van der Waals surface area (Å²) in [4.78, 5) is 14.0. The summed E-state index contributed by atoms with van der Waals surface area (Å²) in [5.74, 6) is -0.730. The largest absolute Gasteiger partial charge is 0.497 e. The van der Waals surface area contributed by atoms with Crippen LogP contribution < -0.4 is 15.1 Å². The van der Waals surface area contributed by atoms with E-state index in [1.165, 1.54) is 0 Å². The van der Waals surface area contributed by atoms with Gasteiger partial charge in [-0.1, -0.05) is 107 Å². The monoisotopic (exact) mass is 798 g/mol. The zero-order valence-corrected chi connectivity index (χ0v) is 33.1. The van der Waals surface area contributed by atoms with Gasteiger partial charge in [0.1, 0.15) is 23.6 Å². The third-order valence-corrected chi connectivity index (χ3v) is 16.0. The highest BCUT2D eigenvalue weighted by Crippen LogP contribution is 2.65. The predicted octanol–water partition coefficient (Wildman–Crippen LogP) is 6.83. The first-order valence-electron chi connectivity index (χ1n) is 17.0. The van der Waals surface area contributed by atoms with Gasteiger partial charge in [-0.25, -0.2) is 0 Å². The Morgan fingerprint density at radius 3 is 2.04 bits per heavy atom. The summed E-state index contributed by atoms with van der Waals surface area (Å²) < 4.78 is 33.0. The molecule has 0 amide bonds. The van der Waals surface area contributed by atoms with Crippen LogP contribution in [0.15, 0.2) is 94.6 Å². The van der Waals surface area contributed by atoms with Crippen molar-refractivity contribution in [2.45, 2.75) is 83.5 Å². The third kappa shape index (κ3) is 7.04. The fourth-order valence-electron chi connectivity index (χ4n) is 8.27. The van der Waals surface area contributed by atoms with E-state index in [1.807, 2.05) is 49.4 Å². The highest BCUT2D eigenvalue weighted by atomic mass is 127. The summed E-state index contributed by atoms with van der Waals surface area (Å²) >= 11 is 2.19. The van der Waals surface area contributed by atoms with Gasteiger partial charge >= 0.3 is 5.97 Å². The number of rotatable bonds is 14. The van der Waals surface area contributed by atoms with Gasteiger partial charge in [0.15, 0.2) is 0 Å². The quantitative estimate of drug-likeness (QED) is 0.109. The molecule has 1 N–H and O–H groups in total. The van der Waals surface area contributed by atoms with E-state index in [0.717, 1.165) is 25.3 Å². The molecule has 0 unspecified atom stereocenters. The Balaban J connectivity index is 1.59. The SMILES string of the molecule is COc1ccc(CO[C@@H](CO[Si](c2ccccc2)(c2ccccc2)C(C)(C)C)[C@@]23OC(=O)[C@@H]([C@H](O)[C@H](/C=C(\C)I)OC)[C@@H]2CC3(C)C)cc1. The summed E-state index contributed by atoms with van der Waals surface area (Å²) in [5.41, 5.74) is -0.516. The van der Waals surface area contributed by atoms with E-state index in [4.69, 9.17) is 23.4 Å². The minimum Gasteiger partial charge on any atom is -0.497 e. The molecule has 49 heavy (non-hydrogen) atoms. The second-order valence-corrected chi connectivity index (χ2v) is 21.0. The molecule has 1 aliphatic carbocycles. The fraction of sp³-hybridized carbons (Fsp3) is 0.475. The van der Waals surface area contributed by atoms with Crippen molar-refractivity contribution < 1.29 is 33.3 Å². The number of aliphatic hydroxyl groups excluding tert-OH is 1. The van der Waals surface area contributed by atoms with Crippen LogP contribution in [0.25, 0.3) is 0 Å². The molecular formula is C40H51IO7Si. The molecule has 5 rings (SSSR count). The van der Waals surface area contributed by atoms with Gasteiger partial charge in [0.05, 0.1) is 32.3 Å². The van der Waals surface area contributed by atoms with E-state index >= 15 is 0 Å². The third-order valence-electron chi connectivity index (χ3n) is 10.6. The Bertz CT molecular complexity index is 1540. The molecule has 9 heteroatoms. The molecule has 1 heterocycles. The van der Waals surface area contributed by atoms with Crippen molar-refractivity contribution in [2.75, 3.05) is 20.8 Å². The maximum absolute atomic E-state index is 14.0. The summed E-state index contributed by atoms with van der Waals surface area (Å²) in [6, 6.07) is 28.8. The topological polar surface area (TPSA) is 83.5 Å².